The third-order valence-electron chi connectivity index (χ3n) is 4.73. The Hall–Kier alpha value is -1.80. The summed E-state index contributed by atoms with van der Waals surface area (Å²) in [5.74, 6) is -0.269. The quantitative estimate of drug-likeness (QED) is 0.699. The summed E-state index contributed by atoms with van der Waals surface area (Å²) in [5.41, 5.74) is 0.607. The van der Waals surface area contributed by atoms with Gasteiger partial charge < -0.3 is 10.1 Å². The van der Waals surface area contributed by atoms with Crippen LogP contribution in [0.1, 0.15) is 36.0 Å². The molecule has 1 saturated heterocycles. The lowest BCUT2D eigenvalue weighted by molar-refractivity contribution is 0.102. The van der Waals surface area contributed by atoms with Crippen LogP contribution < -0.4 is 10.1 Å². The highest BCUT2D eigenvalue weighted by atomic mass is 35.5. The molecule has 1 N–H and O–H groups in total. The SMILES string of the molecule is COc1ccc(C(=O)Nc2cc(Cl)cc(Cl)c2)cc1S(=O)(=O)N1CCCCCC1. The molecular formula is C20H22Cl2N2O4S. The van der Waals surface area contributed by atoms with Gasteiger partial charge in [0.15, 0.2) is 0 Å². The van der Waals surface area contributed by atoms with Gasteiger partial charge in [0.1, 0.15) is 10.6 Å². The minimum absolute atomic E-state index is 0.0151. The molecule has 0 aromatic heterocycles. The van der Waals surface area contributed by atoms with Gasteiger partial charge in [-0.05, 0) is 49.2 Å². The molecule has 1 amide bonds. The number of nitrogens with one attached hydrogen (secondary N) is 1. The number of rotatable bonds is 5. The highest BCUT2D eigenvalue weighted by Crippen LogP contribution is 2.30. The summed E-state index contributed by atoms with van der Waals surface area (Å²) in [5, 5.41) is 3.45. The van der Waals surface area contributed by atoms with E-state index in [0.29, 0.717) is 28.8 Å². The van der Waals surface area contributed by atoms with Crippen LogP contribution in [0.25, 0.3) is 0 Å². The molecule has 0 saturated carbocycles. The summed E-state index contributed by atoms with van der Waals surface area (Å²) < 4.78 is 33.2. The van der Waals surface area contributed by atoms with Crippen LogP contribution in [0.15, 0.2) is 41.3 Å². The van der Waals surface area contributed by atoms with E-state index in [4.69, 9.17) is 27.9 Å². The first kappa shape index (κ1) is 21.9. The number of sulfonamides is 1. The summed E-state index contributed by atoms with van der Waals surface area (Å²) in [6.07, 6.45) is 3.65. The lowest BCUT2D eigenvalue weighted by Crippen LogP contribution is -2.32. The number of carbonyl (C=O) groups is 1. The fraction of sp³-hybridized carbons (Fsp3) is 0.350. The number of carbonyl (C=O) groups excluding carboxylic acids is 1. The molecule has 0 aliphatic carbocycles. The Morgan fingerprint density at radius 2 is 1.62 bits per heavy atom. The van der Waals surface area contributed by atoms with Gasteiger partial charge in [0, 0.05) is 34.4 Å². The Kier molecular flexibility index (Phi) is 7.05. The van der Waals surface area contributed by atoms with Crippen LogP contribution in [-0.4, -0.2) is 38.8 Å². The predicted octanol–water partition coefficient (Wildman–Crippen LogP) is 4.82. The molecule has 1 aliphatic heterocycles. The van der Waals surface area contributed by atoms with Gasteiger partial charge in [0.2, 0.25) is 10.0 Å². The molecule has 0 atom stereocenters. The molecule has 1 fully saturated rings. The molecule has 0 bridgehead atoms. The van der Waals surface area contributed by atoms with Crippen molar-refractivity contribution in [1.29, 1.82) is 0 Å². The summed E-state index contributed by atoms with van der Waals surface area (Å²) in [6, 6.07) is 9.03. The average Bonchev–Trinajstić information content (AvgIpc) is 2.96. The second kappa shape index (κ2) is 9.34. The zero-order valence-corrected chi connectivity index (χ0v) is 18.3. The summed E-state index contributed by atoms with van der Waals surface area (Å²) in [6.45, 7) is 0.922. The van der Waals surface area contributed by atoms with Crippen LogP contribution in [0.3, 0.4) is 0 Å². The number of hydrogen-bond acceptors (Lipinski definition) is 4. The van der Waals surface area contributed by atoms with Crippen molar-refractivity contribution in [2.75, 3.05) is 25.5 Å². The Labute approximate surface area is 180 Å². The van der Waals surface area contributed by atoms with E-state index in [1.54, 1.807) is 18.2 Å². The number of amides is 1. The maximum Gasteiger partial charge on any atom is 0.255 e. The van der Waals surface area contributed by atoms with Crippen LogP contribution in [-0.2, 0) is 10.0 Å². The van der Waals surface area contributed by atoms with E-state index in [2.05, 4.69) is 5.32 Å². The van der Waals surface area contributed by atoms with Crippen molar-refractivity contribution in [2.45, 2.75) is 30.6 Å². The lowest BCUT2D eigenvalue weighted by Gasteiger charge is -2.21. The van der Waals surface area contributed by atoms with E-state index < -0.39 is 15.9 Å². The first-order valence-corrected chi connectivity index (χ1v) is 11.5. The first-order chi connectivity index (χ1) is 13.8. The van der Waals surface area contributed by atoms with E-state index in [0.717, 1.165) is 25.7 Å². The van der Waals surface area contributed by atoms with E-state index in [1.165, 1.54) is 29.6 Å². The standard InChI is InChI=1S/C20H22Cl2N2O4S/c1-28-18-7-6-14(20(25)23-17-12-15(21)11-16(22)13-17)10-19(18)29(26,27)24-8-4-2-3-5-9-24/h6-7,10-13H,2-5,8-9H2,1H3,(H,23,25). The Morgan fingerprint density at radius 3 is 2.21 bits per heavy atom. The monoisotopic (exact) mass is 456 g/mol. The average molecular weight is 457 g/mol. The van der Waals surface area contributed by atoms with E-state index >= 15 is 0 Å². The van der Waals surface area contributed by atoms with Crippen LogP contribution in [0.2, 0.25) is 10.0 Å². The molecular weight excluding hydrogens is 435 g/mol. The smallest absolute Gasteiger partial charge is 0.255 e. The van der Waals surface area contributed by atoms with Crippen LogP contribution in [0.4, 0.5) is 5.69 Å². The number of benzene rings is 2. The van der Waals surface area contributed by atoms with Crippen molar-refractivity contribution in [3.05, 3.63) is 52.0 Å². The van der Waals surface area contributed by atoms with Crippen molar-refractivity contribution < 1.29 is 17.9 Å². The highest BCUT2D eigenvalue weighted by Gasteiger charge is 2.29. The minimum Gasteiger partial charge on any atom is -0.495 e. The number of nitrogens with zero attached hydrogens (tertiary/aromatic N) is 1. The topological polar surface area (TPSA) is 75.7 Å². The van der Waals surface area contributed by atoms with E-state index in [9.17, 15) is 13.2 Å². The fourth-order valence-corrected chi connectivity index (χ4v) is 5.49. The minimum atomic E-state index is -3.78. The van der Waals surface area contributed by atoms with Crippen LogP contribution in [0, 0.1) is 0 Å². The molecule has 1 aliphatic rings. The summed E-state index contributed by atoms with van der Waals surface area (Å²) in [7, 11) is -2.38. The normalized spacial score (nSPS) is 15.6. The Morgan fingerprint density at radius 1 is 1.00 bits per heavy atom. The maximum atomic E-state index is 13.2. The molecule has 2 aromatic carbocycles. The largest absolute Gasteiger partial charge is 0.495 e. The zero-order chi connectivity index (χ0) is 21.0. The number of anilines is 1. The predicted molar refractivity (Wildman–Crippen MR) is 115 cm³/mol. The van der Waals surface area contributed by atoms with Crippen molar-refractivity contribution in [3.8, 4) is 5.75 Å². The molecule has 0 unspecified atom stereocenters. The number of hydrogen-bond donors (Lipinski definition) is 1. The van der Waals surface area contributed by atoms with Gasteiger partial charge in [-0.1, -0.05) is 36.0 Å². The van der Waals surface area contributed by atoms with Gasteiger partial charge in [-0.3, -0.25) is 4.79 Å². The number of methoxy groups -OCH3 is 1. The van der Waals surface area contributed by atoms with Gasteiger partial charge in [0.05, 0.1) is 7.11 Å². The highest BCUT2D eigenvalue weighted by molar-refractivity contribution is 7.89. The molecule has 156 valence electrons. The first-order valence-electron chi connectivity index (χ1n) is 9.27. The molecule has 0 radical (unpaired) electrons. The fourth-order valence-electron chi connectivity index (χ4n) is 3.27. The molecule has 6 nitrogen and oxygen atoms in total. The van der Waals surface area contributed by atoms with Crippen LogP contribution in [0.5, 0.6) is 5.75 Å². The van der Waals surface area contributed by atoms with Gasteiger partial charge in [0.25, 0.3) is 5.91 Å². The van der Waals surface area contributed by atoms with Gasteiger partial charge in [-0.15, -0.1) is 0 Å². The summed E-state index contributed by atoms with van der Waals surface area (Å²) >= 11 is 11.9. The lowest BCUT2D eigenvalue weighted by atomic mass is 10.2. The van der Waals surface area contributed by atoms with Gasteiger partial charge in [-0.2, -0.15) is 4.31 Å². The second-order valence-corrected chi connectivity index (χ2v) is 9.58. The third kappa shape index (κ3) is 5.22. The number of ether oxygens (including phenoxy) is 1. The molecule has 29 heavy (non-hydrogen) atoms. The van der Waals surface area contributed by atoms with Crippen molar-refractivity contribution in [1.82, 2.24) is 4.31 Å². The molecule has 2 aromatic rings. The summed E-state index contributed by atoms with van der Waals surface area (Å²) in [4.78, 5) is 12.7. The van der Waals surface area contributed by atoms with Crippen molar-refractivity contribution >= 4 is 44.8 Å². The molecule has 3 rings (SSSR count). The van der Waals surface area contributed by atoms with Crippen molar-refractivity contribution in [2.24, 2.45) is 0 Å². The Bertz CT molecular complexity index is 983. The molecule has 0 spiro atoms. The third-order valence-corrected chi connectivity index (χ3v) is 7.09. The molecule has 9 heteroatoms. The number of halogens is 2. The molecule has 1 heterocycles. The van der Waals surface area contributed by atoms with Gasteiger partial charge >= 0.3 is 0 Å². The second-order valence-electron chi connectivity index (χ2n) is 6.80. The van der Waals surface area contributed by atoms with E-state index in [1.807, 2.05) is 0 Å². The van der Waals surface area contributed by atoms with E-state index in [-0.39, 0.29) is 16.2 Å². The van der Waals surface area contributed by atoms with Crippen molar-refractivity contribution in [3.63, 3.8) is 0 Å². The maximum absolute atomic E-state index is 13.2. The van der Waals surface area contributed by atoms with Gasteiger partial charge in [-0.25, -0.2) is 8.42 Å². The Balaban J connectivity index is 1.92. The zero-order valence-electron chi connectivity index (χ0n) is 16.0. The van der Waals surface area contributed by atoms with Crippen LogP contribution >= 0.6 is 23.2 Å².